The fraction of sp³-hybridized carbons (Fsp3) is 0.231. The number of benzene rings is 2. The molecular formula is C26H26N2O2S. The molecule has 158 valence electrons. The molecular weight excluding hydrogens is 404 g/mol. The fourth-order valence-corrected chi connectivity index (χ4v) is 4.71. The van der Waals surface area contributed by atoms with Crippen LogP contribution >= 0.6 is 11.3 Å². The topological polar surface area (TPSA) is 40.6 Å². The molecule has 4 rings (SSSR count). The average Bonchev–Trinajstić information content (AvgIpc) is 3.43. The maximum atomic E-state index is 13.6. The van der Waals surface area contributed by atoms with Crippen molar-refractivity contribution in [3.05, 3.63) is 100 Å². The standard InChI is InChI=1S/C26H26N2O2S/c1-2-3-18-27-24(20-11-6-4-7-12-20)25(21-13-8-5-9-14-21)28(26(27)30)23(29)17-16-22-15-10-19-31-22/h4-17,19,24-25H,2-3,18H2,1H3/t24-,25-/m0/s1. The Bertz CT molecular complexity index is 1030. The monoisotopic (exact) mass is 430 g/mol. The molecule has 4 nitrogen and oxygen atoms in total. The summed E-state index contributed by atoms with van der Waals surface area (Å²) in [5.74, 6) is -0.285. The Kier molecular flexibility index (Phi) is 6.63. The van der Waals surface area contributed by atoms with Crippen molar-refractivity contribution in [2.24, 2.45) is 0 Å². The highest BCUT2D eigenvalue weighted by Crippen LogP contribution is 2.45. The summed E-state index contributed by atoms with van der Waals surface area (Å²) in [6.45, 7) is 2.73. The Balaban J connectivity index is 1.77. The van der Waals surface area contributed by atoms with Crippen molar-refractivity contribution in [1.82, 2.24) is 9.80 Å². The summed E-state index contributed by atoms with van der Waals surface area (Å²) in [7, 11) is 0. The predicted molar refractivity (Wildman–Crippen MR) is 126 cm³/mol. The lowest BCUT2D eigenvalue weighted by atomic mass is 9.93. The average molecular weight is 431 g/mol. The van der Waals surface area contributed by atoms with Crippen LogP contribution in [0.5, 0.6) is 0 Å². The molecule has 0 unspecified atom stereocenters. The molecule has 1 aliphatic heterocycles. The molecule has 2 aromatic carbocycles. The third-order valence-electron chi connectivity index (χ3n) is 5.57. The second-order valence-corrected chi connectivity index (χ2v) is 8.58. The minimum atomic E-state index is -0.381. The van der Waals surface area contributed by atoms with E-state index in [1.807, 2.05) is 83.1 Å². The third kappa shape index (κ3) is 4.47. The molecule has 31 heavy (non-hydrogen) atoms. The highest BCUT2D eigenvalue weighted by atomic mass is 32.1. The summed E-state index contributed by atoms with van der Waals surface area (Å²) in [5, 5.41) is 1.97. The Morgan fingerprint density at radius 1 is 0.935 bits per heavy atom. The van der Waals surface area contributed by atoms with Crippen LogP contribution in [0.4, 0.5) is 4.79 Å². The molecule has 2 atom stereocenters. The van der Waals surface area contributed by atoms with Crippen LogP contribution in [0, 0.1) is 0 Å². The van der Waals surface area contributed by atoms with Gasteiger partial charge in [0, 0.05) is 17.5 Å². The molecule has 5 heteroatoms. The summed E-state index contributed by atoms with van der Waals surface area (Å²) in [5.41, 5.74) is 2.00. The number of imide groups is 1. The molecule has 3 aromatic rings. The van der Waals surface area contributed by atoms with Crippen molar-refractivity contribution >= 4 is 29.4 Å². The van der Waals surface area contributed by atoms with Gasteiger partial charge in [0.1, 0.15) is 0 Å². The van der Waals surface area contributed by atoms with Crippen LogP contribution < -0.4 is 0 Å². The smallest absolute Gasteiger partial charge is 0.315 e. The van der Waals surface area contributed by atoms with Gasteiger partial charge in [0.25, 0.3) is 5.91 Å². The van der Waals surface area contributed by atoms with E-state index in [0.29, 0.717) is 6.54 Å². The summed E-state index contributed by atoms with van der Waals surface area (Å²) in [6, 6.07) is 23.0. The van der Waals surface area contributed by atoms with Gasteiger partial charge in [0.05, 0.1) is 12.1 Å². The summed E-state index contributed by atoms with van der Waals surface area (Å²) < 4.78 is 0. The number of carbonyl (C=O) groups excluding carboxylic acids is 2. The first-order valence-electron chi connectivity index (χ1n) is 10.7. The number of urea groups is 1. The van der Waals surface area contributed by atoms with E-state index in [1.165, 1.54) is 11.0 Å². The number of amides is 3. The van der Waals surface area contributed by atoms with Crippen molar-refractivity contribution < 1.29 is 9.59 Å². The lowest BCUT2D eigenvalue weighted by molar-refractivity contribution is -0.124. The molecule has 1 saturated heterocycles. The van der Waals surface area contributed by atoms with Gasteiger partial charge in [-0.2, -0.15) is 0 Å². The third-order valence-corrected chi connectivity index (χ3v) is 6.41. The van der Waals surface area contributed by atoms with Crippen molar-refractivity contribution in [2.75, 3.05) is 6.54 Å². The number of rotatable bonds is 7. The summed E-state index contributed by atoms with van der Waals surface area (Å²) in [6.07, 6.45) is 5.18. The highest BCUT2D eigenvalue weighted by molar-refractivity contribution is 7.10. The van der Waals surface area contributed by atoms with E-state index in [9.17, 15) is 9.59 Å². The molecule has 3 amide bonds. The van der Waals surface area contributed by atoms with Crippen molar-refractivity contribution in [2.45, 2.75) is 31.8 Å². The Morgan fingerprint density at radius 2 is 1.58 bits per heavy atom. The molecule has 0 spiro atoms. The summed E-state index contributed by atoms with van der Waals surface area (Å²) >= 11 is 1.56. The fourth-order valence-electron chi connectivity index (χ4n) is 4.10. The lowest BCUT2D eigenvalue weighted by Crippen LogP contribution is -2.36. The molecule has 1 aliphatic rings. The van der Waals surface area contributed by atoms with Crippen LogP contribution in [0.1, 0.15) is 47.9 Å². The Labute approximate surface area is 187 Å². The van der Waals surface area contributed by atoms with Gasteiger partial charge in [0.15, 0.2) is 0 Å². The van der Waals surface area contributed by atoms with Gasteiger partial charge in [0.2, 0.25) is 0 Å². The molecule has 0 saturated carbocycles. The van der Waals surface area contributed by atoms with Gasteiger partial charge in [-0.25, -0.2) is 4.79 Å². The maximum absolute atomic E-state index is 13.6. The number of hydrogen-bond donors (Lipinski definition) is 0. The first-order chi connectivity index (χ1) is 15.2. The van der Waals surface area contributed by atoms with Gasteiger partial charge in [-0.15, -0.1) is 11.3 Å². The van der Waals surface area contributed by atoms with Crippen molar-refractivity contribution in [3.8, 4) is 0 Å². The number of carbonyl (C=O) groups is 2. The van der Waals surface area contributed by atoms with Crippen LogP contribution in [0.25, 0.3) is 6.08 Å². The maximum Gasteiger partial charge on any atom is 0.328 e. The largest absolute Gasteiger partial charge is 0.328 e. The predicted octanol–water partition coefficient (Wildman–Crippen LogP) is 6.31. The van der Waals surface area contributed by atoms with E-state index in [-0.39, 0.29) is 24.0 Å². The molecule has 0 radical (unpaired) electrons. The second kappa shape index (κ2) is 9.75. The number of thiophene rings is 1. The Hall–Kier alpha value is -3.18. The van der Waals surface area contributed by atoms with Gasteiger partial charge < -0.3 is 4.90 Å². The number of hydrogen-bond acceptors (Lipinski definition) is 3. The van der Waals surface area contributed by atoms with Gasteiger partial charge in [-0.05, 0) is 35.1 Å². The molecule has 0 N–H and O–H groups in total. The first-order valence-corrected chi connectivity index (χ1v) is 11.5. The van der Waals surface area contributed by atoms with E-state index < -0.39 is 0 Å². The first kappa shape index (κ1) is 21.1. The molecule has 1 fully saturated rings. The van der Waals surface area contributed by atoms with E-state index >= 15 is 0 Å². The molecule has 1 aromatic heterocycles. The van der Waals surface area contributed by atoms with Crippen LogP contribution in [-0.4, -0.2) is 28.3 Å². The van der Waals surface area contributed by atoms with Crippen LogP contribution in [0.15, 0.2) is 84.3 Å². The zero-order valence-corrected chi connectivity index (χ0v) is 18.4. The number of nitrogens with zero attached hydrogens (tertiary/aromatic N) is 2. The number of unbranched alkanes of at least 4 members (excludes halogenated alkanes) is 1. The van der Waals surface area contributed by atoms with E-state index in [2.05, 4.69) is 6.92 Å². The zero-order chi connectivity index (χ0) is 21.6. The highest BCUT2D eigenvalue weighted by Gasteiger charge is 2.49. The van der Waals surface area contributed by atoms with Crippen LogP contribution in [-0.2, 0) is 4.79 Å². The minimum absolute atomic E-state index is 0.221. The van der Waals surface area contributed by atoms with E-state index in [0.717, 1.165) is 28.8 Å². The van der Waals surface area contributed by atoms with Crippen molar-refractivity contribution in [3.63, 3.8) is 0 Å². The van der Waals surface area contributed by atoms with Crippen molar-refractivity contribution in [1.29, 1.82) is 0 Å². The lowest BCUT2D eigenvalue weighted by Gasteiger charge is -2.28. The quantitative estimate of drug-likeness (QED) is 0.412. The zero-order valence-electron chi connectivity index (χ0n) is 17.6. The van der Waals surface area contributed by atoms with Gasteiger partial charge in [-0.1, -0.05) is 80.1 Å². The van der Waals surface area contributed by atoms with Gasteiger partial charge >= 0.3 is 6.03 Å². The normalized spacial score (nSPS) is 18.8. The molecule has 0 aliphatic carbocycles. The van der Waals surface area contributed by atoms with E-state index in [1.54, 1.807) is 17.4 Å². The van der Waals surface area contributed by atoms with E-state index in [4.69, 9.17) is 0 Å². The second-order valence-electron chi connectivity index (χ2n) is 7.60. The Morgan fingerprint density at radius 3 is 2.16 bits per heavy atom. The molecule has 2 heterocycles. The van der Waals surface area contributed by atoms with Crippen LogP contribution in [0.3, 0.4) is 0 Å². The SMILES string of the molecule is CCCCN1C(=O)N(C(=O)C=Cc2cccs2)[C@@H](c2ccccc2)[C@@H]1c1ccccc1. The molecule has 0 bridgehead atoms. The minimum Gasteiger partial charge on any atom is -0.315 e. The van der Waals surface area contributed by atoms with Crippen LogP contribution in [0.2, 0.25) is 0 Å². The van der Waals surface area contributed by atoms with Gasteiger partial charge in [-0.3, -0.25) is 9.69 Å². The summed E-state index contributed by atoms with van der Waals surface area (Å²) in [4.78, 5) is 31.2.